The molecule has 0 saturated carbocycles. The zero-order valence-electron chi connectivity index (χ0n) is 19.6. The van der Waals surface area contributed by atoms with Gasteiger partial charge in [0.25, 0.3) is 0 Å². The van der Waals surface area contributed by atoms with Gasteiger partial charge in [0.15, 0.2) is 12.0 Å². The Bertz CT molecular complexity index is 1180. The summed E-state index contributed by atoms with van der Waals surface area (Å²) in [6.45, 7) is 6.86. The Morgan fingerprint density at radius 1 is 0.788 bits per heavy atom. The Morgan fingerprint density at radius 3 is 1.97 bits per heavy atom. The molecule has 4 atom stereocenters. The van der Waals surface area contributed by atoms with Gasteiger partial charge < -0.3 is 4.74 Å². The van der Waals surface area contributed by atoms with Gasteiger partial charge in [-0.25, -0.2) is 4.99 Å². The zero-order chi connectivity index (χ0) is 22.8. The lowest BCUT2D eigenvalue weighted by molar-refractivity contribution is 0.163. The van der Waals surface area contributed by atoms with E-state index in [4.69, 9.17) is 9.73 Å². The standard InChI is InChI=1S/C31H31NO/c1-22(2)27-21-26(23-13-7-4-8-14-23)19-20-31(27,3)30-32-28(24-15-9-5-10-16-24)29(33-30)25-17-11-6-12-18-25/h4-22,27-29H,1-3H3/t27-,28+,29+,31-/m0/s1. The second-order valence-corrected chi connectivity index (χ2v) is 9.61. The summed E-state index contributed by atoms with van der Waals surface area (Å²) in [7, 11) is 0. The fraction of sp³-hybridized carbons (Fsp3) is 0.258. The minimum Gasteiger partial charge on any atom is -0.469 e. The highest BCUT2D eigenvalue weighted by atomic mass is 16.5. The fourth-order valence-corrected chi connectivity index (χ4v) is 5.19. The van der Waals surface area contributed by atoms with Gasteiger partial charge >= 0.3 is 0 Å². The topological polar surface area (TPSA) is 21.6 Å². The molecule has 5 rings (SSSR count). The van der Waals surface area contributed by atoms with Crippen molar-refractivity contribution in [3.05, 3.63) is 126 Å². The molecule has 0 radical (unpaired) electrons. The second kappa shape index (κ2) is 8.86. The summed E-state index contributed by atoms with van der Waals surface area (Å²) in [5, 5.41) is 0. The van der Waals surface area contributed by atoms with E-state index in [-0.39, 0.29) is 23.5 Å². The Labute approximate surface area is 197 Å². The first-order valence-corrected chi connectivity index (χ1v) is 11.9. The van der Waals surface area contributed by atoms with Crippen LogP contribution < -0.4 is 0 Å². The van der Waals surface area contributed by atoms with Crippen molar-refractivity contribution in [1.82, 2.24) is 0 Å². The van der Waals surface area contributed by atoms with Crippen LogP contribution in [0.4, 0.5) is 0 Å². The molecule has 2 nitrogen and oxygen atoms in total. The highest BCUT2D eigenvalue weighted by Crippen LogP contribution is 2.49. The van der Waals surface area contributed by atoms with Gasteiger partial charge in [-0.15, -0.1) is 0 Å². The Balaban J connectivity index is 1.54. The second-order valence-electron chi connectivity index (χ2n) is 9.61. The van der Waals surface area contributed by atoms with Gasteiger partial charge in [-0.1, -0.05) is 123 Å². The van der Waals surface area contributed by atoms with Crippen LogP contribution in [0, 0.1) is 17.3 Å². The minimum atomic E-state index is -0.303. The lowest BCUT2D eigenvalue weighted by Crippen LogP contribution is -2.38. The molecule has 0 N–H and O–H groups in total. The molecule has 0 amide bonds. The maximum Gasteiger partial charge on any atom is 0.195 e. The lowest BCUT2D eigenvalue weighted by atomic mass is 9.67. The van der Waals surface area contributed by atoms with Crippen LogP contribution >= 0.6 is 0 Å². The van der Waals surface area contributed by atoms with E-state index in [1.54, 1.807) is 0 Å². The molecule has 2 heteroatoms. The van der Waals surface area contributed by atoms with E-state index in [0.717, 1.165) is 11.5 Å². The molecule has 33 heavy (non-hydrogen) atoms. The number of nitrogens with zero attached hydrogens (tertiary/aromatic N) is 1. The average Bonchev–Trinajstić information content (AvgIpc) is 3.32. The van der Waals surface area contributed by atoms with Crippen LogP contribution in [0.2, 0.25) is 0 Å². The number of hydrogen-bond acceptors (Lipinski definition) is 2. The van der Waals surface area contributed by atoms with E-state index in [0.29, 0.717) is 5.92 Å². The van der Waals surface area contributed by atoms with E-state index in [2.05, 4.69) is 124 Å². The summed E-state index contributed by atoms with van der Waals surface area (Å²) in [6, 6.07) is 31.6. The Kier molecular flexibility index (Phi) is 5.76. The number of rotatable bonds is 5. The highest BCUT2D eigenvalue weighted by molar-refractivity contribution is 5.90. The number of allylic oxidation sites excluding steroid dienone is 3. The van der Waals surface area contributed by atoms with E-state index >= 15 is 0 Å². The van der Waals surface area contributed by atoms with Crippen LogP contribution in [0.15, 0.2) is 114 Å². The van der Waals surface area contributed by atoms with Gasteiger partial charge in [-0.3, -0.25) is 0 Å². The third kappa shape index (κ3) is 4.06. The molecular formula is C31H31NO. The largest absolute Gasteiger partial charge is 0.469 e. The quantitative estimate of drug-likeness (QED) is 0.402. The summed E-state index contributed by atoms with van der Waals surface area (Å²) in [6.07, 6.45) is 6.85. The zero-order valence-corrected chi connectivity index (χ0v) is 19.6. The molecule has 1 heterocycles. The van der Waals surface area contributed by atoms with E-state index in [9.17, 15) is 0 Å². The first kappa shape index (κ1) is 21.5. The number of benzene rings is 3. The molecule has 0 bridgehead atoms. The number of aliphatic imine (C=N–C) groups is 1. The van der Waals surface area contributed by atoms with Crippen molar-refractivity contribution in [2.75, 3.05) is 0 Å². The van der Waals surface area contributed by atoms with Gasteiger partial charge in [0.05, 0.1) is 5.41 Å². The molecule has 1 aliphatic heterocycles. The molecule has 0 unspecified atom stereocenters. The van der Waals surface area contributed by atoms with Crippen molar-refractivity contribution >= 4 is 11.5 Å². The summed E-state index contributed by atoms with van der Waals surface area (Å²) in [5.74, 6) is 1.56. The molecule has 0 fully saturated rings. The first-order valence-electron chi connectivity index (χ1n) is 11.9. The summed E-state index contributed by atoms with van der Waals surface area (Å²) >= 11 is 0. The smallest absolute Gasteiger partial charge is 0.195 e. The van der Waals surface area contributed by atoms with E-state index < -0.39 is 0 Å². The number of hydrogen-bond donors (Lipinski definition) is 0. The van der Waals surface area contributed by atoms with Crippen LogP contribution in [0.5, 0.6) is 0 Å². The minimum absolute atomic E-state index is 0.0545. The third-order valence-electron chi connectivity index (χ3n) is 7.00. The summed E-state index contributed by atoms with van der Waals surface area (Å²) in [5.41, 5.74) is 4.56. The molecule has 2 aliphatic rings. The van der Waals surface area contributed by atoms with Gasteiger partial charge in [0.1, 0.15) is 6.04 Å². The van der Waals surface area contributed by atoms with Crippen LogP contribution in [0.1, 0.15) is 49.6 Å². The monoisotopic (exact) mass is 433 g/mol. The van der Waals surface area contributed by atoms with E-state index in [1.165, 1.54) is 16.7 Å². The van der Waals surface area contributed by atoms with Crippen molar-refractivity contribution in [3.63, 3.8) is 0 Å². The van der Waals surface area contributed by atoms with Gasteiger partial charge in [-0.05, 0) is 41.0 Å². The highest BCUT2D eigenvalue weighted by Gasteiger charge is 2.46. The van der Waals surface area contributed by atoms with Crippen molar-refractivity contribution in [3.8, 4) is 0 Å². The molecule has 3 aromatic rings. The number of ether oxygens (including phenoxy) is 1. The molecule has 0 aromatic heterocycles. The predicted octanol–water partition coefficient (Wildman–Crippen LogP) is 7.83. The van der Waals surface area contributed by atoms with Crippen LogP contribution in [-0.2, 0) is 4.74 Å². The van der Waals surface area contributed by atoms with Crippen molar-refractivity contribution < 1.29 is 4.74 Å². The molecular weight excluding hydrogens is 402 g/mol. The van der Waals surface area contributed by atoms with Gasteiger partial charge in [0, 0.05) is 0 Å². The first-order chi connectivity index (χ1) is 16.1. The Morgan fingerprint density at radius 2 is 1.36 bits per heavy atom. The maximum absolute atomic E-state index is 6.75. The maximum atomic E-state index is 6.75. The SMILES string of the molecule is CC(C)[C@@H]1C=C(c2ccccc2)C=C[C@]1(C)C1=N[C@H](c2ccccc2)[C@@H](c2ccccc2)O1. The molecule has 166 valence electrons. The molecule has 3 aromatic carbocycles. The van der Waals surface area contributed by atoms with Crippen LogP contribution in [-0.4, -0.2) is 5.90 Å². The van der Waals surface area contributed by atoms with Gasteiger partial charge in [-0.2, -0.15) is 0 Å². The lowest BCUT2D eigenvalue weighted by Gasteiger charge is -2.38. The van der Waals surface area contributed by atoms with Crippen molar-refractivity contribution in [1.29, 1.82) is 0 Å². The third-order valence-corrected chi connectivity index (χ3v) is 7.00. The van der Waals surface area contributed by atoms with Crippen LogP contribution in [0.3, 0.4) is 0 Å². The van der Waals surface area contributed by atoms with Gasteiger partial charge in [0.2, 0.25) is 0 Å². The Hall–Kier alpha value is -3.39. The molecule has 0 spiro atoms. The van der Waals surface area contributed by atoms with Crippen molar-refractivity contribution in [2.45, 2.75) is 32.9 Å². The summed E-state index contributed by atoms with van der Waals surface area (Å²) < 4.78 is 6.75. The predicted molar refractivity (Wildman–Crippen MR) is 137 cm³/mol. The average molecular weight is 434 g/mol. The van der Waals surface area contributed by atoms with Crippen molar-refractivity contribution in [2.24, 2.45) is 22.2 Å². The normalized spacial score (nSPS) is 26.6. The summed E-state index contributed by atoms with van der Waals surface area (Å²) in [4.78, 5) is 5.26. The molecule has 0 saturated heterocycles. The fourth-order valence-electron chi connectivity index (χ4n) is 5.19. The molecule has 1 aliphatic carbocycles. The van der Waals surface area contributed by atoms with Crippen LogP contribution in [0.25, 0.3) is 5.57 Å². The van der Waals surface area contributed by atoms with E-state index in [1.807, 2.05) is 6.07 Å².